The average molecular weight is 328 g/mol. The first-order valence-corrected chi connectivity index (χ1v) is 8.03. The second-order valence-electron chi connectivity index (χ2n) is 5.91. The third kappa shape index (κ3) is 3.76. The molecule has 1 atom stereocenters. The van der Waals surface area contributed by atoms with Crippen molar-refractivity contribution in [2.75, 3.05) is 13.1 Å². The van der Waals surface area contributed by atoms with E-state index in [0.29, 0.717) is 25.1 Å². The van der Waals surface area contributed by atoms with Crippen LogP contribution in [0, 0.1) is 5.92 Å². The van der Waals surface area contributed by atoms with Gasteiger partial charge in [-0.2, -0.15) is 0 Å². The smallest absolute Gasteiger partial charge is 0.317 e. The molecule has 1 saturated heterocycles. The van der Waals surface area contributed by atoms with E-state index in [1.165, 1.54) is 0 Å². The van der Waals surface area contributed by atoms with Crippen LogP contribution in [0.5, 0.6) is 0 Å². The molecule has 6 nitrogen and oxygen atoms in total. The van der Waals surface area contributed by atoms with Crippen molar-refractivity contribution in [1.82, 2.24) is 10.2 Å². The molecule has 3 rings (SSSR count). The number of rotatable bonds is 4. The molecule has 0 aliphatic carbocycles. The number of furan rings is 1. The third-order valence-electron chi connectivity index (χ3n) is 4.19. The largest absolute Gasteiger partial charge is 0.481 e. The first kappa shape index (κ1) is 16.1. The molecule has 1 aliphatic rings. The van der Waals surface area contributed by atoms with E-state index in [1.54, 1.807) is 4.90 Å². The number of urea groups is 1. The number of amides is 2. The van der Waals surface area contributed by atoms with Gasteiger partial charge in [-0.1, -0.05) is 30.3 Å². The van der Waals surface area contributed by atoms with Crippen LogP contribution in [0.2, 0.25) is 0 Å². The van der Waals surface area contributed by atoms with E-state index < -0.39 is 11.9 Å². The minimum atomic E-state index is -0.842. The second kappa shape index (κ2) is 7.21. The molecule has 2 N–H and O–H groups in total. The van der Waals surface area contributed by atoms with Gasteiger partial charge in [0.25, 0.3) is 0 Å². The molecule has 126 valence electrons. The summed E-state index contributed by atoms with van der Waals surface area (Å²) in [6.07, 6.45) is 1.33. The summed E-state index contributed by atoms with van der Waals surface area (Å²) in [4.78, 5) is 24.8. The summed E-state index contributed by atoms with van der Waals surface area (Å²) >= 11 is 0. The van der Waals surface area contributed by atoms with Gasteiger partial charge in [0, 0.05) is 18.7 Å². The van der Waals surface area contributed by atoms with Crippen LogP contribution in [0.3, 0.4) is 0 Å². The monoisotopic (exact) mass is 328 g/mol. The van der Waals surface area contributed by atoms with Crippen molar-refractivity contribution >= 4 is 12.0 Å². The lowest BCUT2D eigenvalue weighted by molar-refractivity contribution is -0.143. The Balaban J connectivity index is 1.55. The van der Waals surface area contributed by atoms with E-state index in [0.717, 1.165) is 11.3 Å². The summed E-state index contributed by atoms with van der Waals surface area (Å²) in [6, 6.07) is 13.2. The number of nitrogens with zero attached hydrogens (tertiary/aromatic N) is 1. The molecule has 1 aromatic heterocycles. The highest BCUT2D eigenvalue weighted by atomic mass is 16.4. The Morgan fingerprint density at radius 1 is 1.21 bits per heavy atom. The van der Waals surface area contributed by atoms with Gasteiger partial charge < -0.3 is 19.7 Å². The van der Waals surface area contributed by atoms with Gasteiger partial charge in [0.1, 0.15) is 11.5 Å². The zero-order valence-electron chi connectivity index (χ0n) is 13.3. The second-order valence-corrected chi connectivity index (χ2v) is 5.91. The highest BCUT2D eigenvalue weighted by Gasteiger charge is 2.28. The SMILES string of the molecule is O=C(O)C1CCCN(C(=O)NCc2ccc(-c3ccccc3)o2)C1. The molecule has 2 aromatic rings. The average Bonchev–Trinajstić information content (AvgIpc) is 3.09. The molecular formula is C18H20N2O4. The lowest BCUT2D eigenvalue weighted by atomic mass is 9.99. The number of nitrogens with one attached hydrogen (secondary N) is 1. The maximum absolute atomic E-state index is 12.2. The fraction of sp³-hybridized carbons (Fsp3) is 0.333. The number of carboxylic acid groups (broad SMARTS) is 1. The summed E-state index contributed by atoms with van der Waals surface area (Å²) < 4.78 is 5.74. The van der Waals surface area contributed by atoms with Crippen molar-refractivity contribution in [3.8, 4) is 11.3 Å². The summed E-state index contributed by atoms with van der Waals surface area (Å²) in [5.74, 6) is 0.0987. The van der Waals surface area contributed by atoms with E-state index in [4.69, 9.17) is 9.52 Å². The quantitative estimate of drug-likeness (QED) is 0.904. The van der Waals surface area contributed by atoms with E-state index in [1.807, 2.05) is 42.5 Å². The van der Waals surface area contributed by atoms with Gasteiger partial charge in [0.15, 0.2) is 0 Å². The van der Waals surface area contributed by atoms with Gasteiger partial charge >= 0.3 is 12.0 Å². The molecule has 0 radical (unpaired) electrons. The molecule has 1 aromatic carbocycles. The lowest BCUT2D eigenvalue weighted by Crippen LogP contribution is -2.46. The minimum Gasteiger partial charge on any atom is -0.481 e. The van der Waals surface area contributed by atoms with E-state index >= 15 is 0 Å². The Bertz CT molecular complexity index is 711. The van der Waals surface area contributed by atoms with Crippen LogP contribution in [0.1, 0.15) is 18.6 Å². The van der Waals surface area contributed by atoms with Crippen molar-refractivity contribution in [3.63, 3.8) is 0 Å². The number of carbonyl (C=O) groups is 2. The molecule has 0 spiro atoms. The molecular weight excluding hydrogens is 308 g/mol. The van der Waals surface area contributed by atoms with Gasteiger partial charge in [-0.05, 0) is 25.0 Å². The summed E-state index contributed by atoms with van der Waals surface area (Å²) in [6.45, 7) is 1.12. The maximum Gasteiger partial charge on any atom is 0.317 e. The normalized spacial score (nSPS) is 17.5. The molecule has 2 amide bonds. The highest BCUT2D eigenvalue weighted by molar-refractivity contribution is 5.76. The number of piperidine rings is 1. The fourth-order valence-corrected chi connectivity index (χ4v) is 2.87. The molecule has 1 fully saturated rings. The van der Waals surface area contributed by atoms with Gasteiger partial charge in [-0.25, -0.2) is 4.79 Å². The molecule has 0 saturated carbocycles. The Kier molecular flexibility index (Phi) is 4.84. The summed E-state index contributed by atoms with van der Waals surface area (Å²) in [5.41, 5.74) is 0.982. The molecule has 2 heterocycles. The molecule has 24 heavy (non-hydrogen) atoms. The Hall–Kier alpha value is -2.76. The predicted molar refractivity (Wildman–Crippen MR) is 88.3 cm³/mol. The van der Waals surface area contributed by atoms with Crippen molar-refractivity contribution < 1.29 is 19.1 Å². The van der Waals surface area contributed by atoms with Crippen LogP contribution >= 0.6 is 0 Å². The number of carbonyl (C=O) groups excluding carboxylic acids is 1. The Morgan fingerprint density at radius 3 is 2.75 bits per heavy atom. The van der Waals surface area contributed by atoms with Crippen LogP contribution in [0.4, 0.5) is 4.79 Å². The van der Waals surface area contributed by atoms with Crippen LogP contribution in [-0.2, 0) is 11.3 Å². The molecule has 6 heteroatoms. The van der Waals surface area contributed by atoms with Crippen molar-refractivity contribution in [2.24, 2.45) is 5.92 Å². The number of hydrogen-bond donors (Lipinski definition) is 2. The number of likely N-dealkylation sites (tertiary alicyclic amines) is 1. The maximum atomic E-state index is 12.2. The minimum absolute atomic E-state index is 0.251. The van der Waals surface area contributed by atoms with Crippen LogP contribution < -0.4 is 5.32 Å². The predicted octanol–water partition coefficient (Wildman–Crippen LogP) is 2.95. The summed E-state index contributed by atoms with van der Waals surface area (Å²) in [5, 5.41) is 11.9. The van der Waals surface area contributed by atoms with E-state index in [2.05, 4.69) is 5.32 Å². The topological polar surface area (TPSA) is 82.8 Å². The van der Waals surface area contributed by atoms with E-state index in [9.17, 15) is 9.59 Å². The summed E-state index contributed by atoms with van der Waals surface area (Å²) in [7, 11) is 0. The third-order valence-corrected chi connectivity index (χ3v) is 4.19. The van der Waals surface area contributed by atoms with Gasteiger partial charge in [0.2, 0.25) is 0 Å². The standard InChI is InChI=1S/C18H20N2O4/c21-17(22)14-7-4-10-20(12-14)18(23)19-11-15-8-9-16(24-15)13-5-2-1-3-6-13/h1-3,5-6,8-9,14H,4,7,10-12H2,(H,19,23)(H,21,22). The zero-order chi connectivity index (χ0) is 16.9. The number of benzene rings is 1. The van der Waals surface area contributed by atoms with Crippen molar-refractivity contribution in [3.05, 3.63) is 48.2 Å². The number of carboxylic acids is 1. The van der Waals surface area contributed by atoms with Crippen molar-refractivity contribution in [2.45, 2.75) is 19.4 Å². The van der Waals surface area contributed by atoms with Gasteiger partial charge in [-0.15, -0.1) is 0 Å². The Labute approximate surface area is 140 Å². The van der Waals surface area contributed by atoms with Crippen molar-refractivity contribution in [1.29, 1.82) is 0 Å². The fourth-order valence-electron chi connectivity index (χ4n) is 2.87. The van der Waals surface area contributed by atoms with Crippen LogP contribution in [0.25, 0.3) is 11.3 Å². The van der Waals surface area contributed by atoms with Crippen LogP contribution in [-0.4, -0.2) is 35.1 Å². The highest BCUT2D eigenvalue weighted by Crippen LogP contribution is 2.22. The lowest BCUT2D eigenvalue weighted by Gasteiger charge is -2.30. The first-order chi connectivity index (χ1) is 11.6. The number of hydrogen-bond acceptors (Lipinski definition) is 3. The molecule has 1 unspecified atom stereocenters. The molecule has 1 aliphatic heterocycles. The van der Waals surface area contributed by atoms with Gasteiger partial charge in [-0.3, -0.25) is 4.79 Å². The van der Waals surface area contributed by atoms with Crippen LogP contribution in [0.15, 0.2) is 46.9 Å². The zero-order valence-corrected chi connectivity index (χ0v) is 13.3. The van der Waals surface area contributed by atoms with Gasteiger partial charge in [0.05, 0.1) is 12.5 Å². The number of aliphatic carboxylic acids is 1. The van der Waals surface area contributed by atoms with E-state index in [-0.39, 0.29) is 19.1 Å². The Morgan fingerprint density at radius 2 is 2.00 bits per heavy atom. The first-order valence-electron chi connectivity index (χ1n) is 8.03. The molecule has 0 bridgehead atoms.